The van der Waals surface area contributed by atoms with Gasteiger partial charge in [-0.05, 0) is 62.2 Å². The molecule has 2 aromatic carbocycles. The zero-order valence-corrected chi connectivity index (χ0v) is 15.7. The summed E-state index contributed by atoms with van der Waals surface area (Å²) in [6, 6.07) is 8.71. The molecular formula is C15H12Br2Cl2FN. The van der Waals surface area contributed by atoms with E-state index in [-0.39, 0.29) is 11.1 Å². The molecule has 1 nitrogen and oxygen atoms in total. The van der Waals surface area contributed by atoms with Crippen LogP contribution in [0.3, 0.4) is 0 Å². The van der Waals surface area contributed by atoms with Crippen molar-refractivity contribution in [3.8, 4) is 0 Å². The fraction of sp³-hybridized carbons (Fsp3) is 0.200. The Morgan fingerprint density at radius 2 is 1.81 bits per heavy atom. The Morgan fingerprint density at radius 1 is 1.14 bits per heavy atom. The maximum Gasteiger partial charge on any atom is 0.148 e. The number of benzene rings is 2. The van der Waals surface area contributed by atoms with E-state index in [2.05, 4.69) is 37.2 Å². The van der Waals surface area contributed by atoms with Gasteiger partial charge in [0, 0.05) is 14.5 Å². The Hall–Kier alpha value is -0.130. The van der Waals surface area contributed by atoms with Gasteiger partial charge < -0.3 is 5.32 Å². The second-order valence-corrected chi connectivity index (χ2v) is 6.92. The lowest BCUT2D eigenvalue weighted by molar-refractivity contribution is 0.559. The van der Waals surface area contributed by atoms with E-state index >= 15 is 0 Å². The first-order chi connectivity index (χ1) is 9.95. The van der Waals surface area contributed by atoms with Crippen LogP contribution in [0.25, 0.3) is 0 Å². The van der Waals surface area contributed by atoms with Crippen LogP contribution >= 0.6 is 55.1 Å². The van der Waals surface area contributed by atoms with Crippen molar-refractivity contribution in [1.29, 1.82) is 0 Å². The van der Waals surface area contributed by atoms with Crippen molar-refractivity contribution in [2.45, 2.75) is 13.0 Å². The molecule has 1 unspecified atom stereocenters. The lowest BCUT2D eigenvalue weighted by atomic mass is 9.98. The van der Waals surface area contributed by atoms with Gasteiger partial charge in [-0.2, -0.15) is 0 Å². The Morgan fingerprint density at radius 3 is 2.43 bits per heavy atom. The number of nitrogens with one attached hydrogen (secondary N) is 1. The van der Waals surface area contributed by atoms with Gasteiger partial charge >= 0.3 is 0 Å². The molecule has 0 fully saturated rings. The van der Waals surface area contributed by atoms with Crippen molar-refractivity contribution in [3.63, 3.8) is 0 Å². The lowest BCUT2D eigenvalue weighted by Crippen LogP contribution is -2.23. The number of hydrogen-bond donors (Lipinski definition) is 1. The summed E-state index contributed by atoms with van der Waals surface area (Å²) in [4.78, 5) is 0. The van der Waals surface area contributed by atoms with Gasteiger partial charge in [-0.3, -0.25) is 0 Å². The molecule has 0 aliphatic carbocycles. The van der Waals surface area contributed by atoms with Crippen molar-refractivity contribution in [2.24, 2.45) is 0 Å². The van der Waals surface area contributed by atoms with E-state index < -0.39 is 5.82 Å². The second-order valence-electron chi connectivity index (χ2n) is 4.43. The average molecular weight is 456 g/mol. The molecule has 6 heteroatoms. The van der Waals surface area contributed by atoms with E-state index in [0.29, 0.717) is 21.6 Å². The van der Waals surface area contributed by atoms with Crippen LogP contribution in [0, 0.1) is 5.82 Å². The highest BCUT2D eigenvalue weighted by atomic mass is 79.9. The molecule has 0 aromatic heterocycles. The van der Waals surface area contributed by atoms with Gasteiger partial charge in [-0.1, -0.05) is 42.3 Å². The van der Waals surface area contributed by atoms with E-state index in [1.54, 1.807) is 12.1 Å². The van der Waals surface area contributed by atoms with Crippen LogP contribution in [0.5, 0.6) is 0 Å². The molecular weight excluding hydrogens is 444 g/mol. The molecule has 0 radical (unpaired) electrons. The van der Waals surface area contributed by atoms with Crippen LogP contribution in [-0.4, -0.2) is 6.54 Å². The Kier molecular flexibility index (Phi) is 6.09. The van der Waals surface area contributed by atoms with Crippen LogP contribution in [0.15, 0.2) is 39.3 Å². The topological polar surface area (TPSA) is 12.0 Å². The monoisotopic (exact) mass is 453 g/mol. The molecule has 2 rings (SSSR count). The van der Waals surface area contributed by atoms with Gasteiger partial charge in [0.2, 0.25) is 0 Å². The standard InChI is InChI=1S/C15H12Br2Cl2FN/c1-2-21-15(8-3-5-10(16)12(18)7-8)9-4-6-11(17)13(19)14(9)20/h3-7,15,21H,2H2,1H3. The van der Waals surface area contributed by atoms with E-state index in [9.17, 15) is 4.39 Å². The first-order valence-electron chi connectivity index (χ1n) is 6.27. The van der Waals surface area contributed by atoms with Gasteiger partial charge in [0.15, 0.2) is 0 Å². The molecule has 0 heterocycles. The number of rotatable bonds is 4. The molecule has 0 amide bonds. The zero-order chi connectivity index (χ0) is 15.6. The molecule has 0 spiro atoms. The van der Waals surface area contributed by atoms with E-state index in [4.69, 9.17) is 23.2 Å². The third-order valence-corrected chi connectivity index (χ3v) is 5.55. The summed E-state index contributed by atoms with van der Waals surface area (Å²) in [7, 11) is 0. The summed E-state index contributed by atoms with van der Waals surface area (Å²) in [5.41, 5.74) is 1.37. The van der Waals surface area contributed by atoms with Gasteiger partial charge in [0.1, 0.15) is 5.82 Å². The van der Waals surface area contributed by atoms with Crippen molar-refractivity contribution < 1.29 is 4.39 Å². The quantitative estimate of drug-likeness (QED) is 0.529. The van der Waals surface area contributed by atoms with Crippen LogP contribution in [-0.2, 0) is 0 Å². The Bertz CT molecular complexity index is 664. The molecule has 1 atom stereocenters. The van der Waals surface area contributed by atoms with Gasteiger partial charge in [0.05, 0.1) is 16.1 Å². The van der Waals surface area contributed by atoms with Crippen molar-refractivity contribution >= 4 is 55.1 Å². The van der Waals surface area contributed by atoms with Crippen LogP contribution < -0.4 is 5.32 Å². The average Bonchev–Trinajstić information content (AvgIpc) is 2.46. The van der Waals surface area contributed by atoms with Gasteiger partial charge in [0.25, 0.3) is 0 Å². The molecule has 0 aliphatic heterocycles. The lowest BCUT2D eigenvalue weighted by Gasteiger charge is -2.21. The van der Waals surface area contributed by atoms with E-state index in [0.717, 1.165) is 10.0 Å². The third kappa shape index (κ3) is 3.80. The summed E-state index contributed by atoms with van der Waals surface area (Å²) in [5, 5.41) is 3.93. The fourth-order valence-corrected chi connectivity index (χ4v) is 2.98. The minimum absolute atomic E-state index is 0.0820. The summed E-state index contributed by atoms with van der Waals surface area (Å²) >= 11 is 18.7. The van der Waals surface area contributed by atoms with Gasteiger partial charge in [-0.25, -0.2) is 4.39 Å². The molecule has 0 aliphatic rings. The molecule has 0 saturated heterocycles. The summed E-state index contributed by atoms with van der Waals surface area (Å²) in [6.07, 6.45) is 0. The minimum Gasteiger partial charge on any atom is -0.306 e. The molecule has 1 N–H and O–H groups in total. The van der Waals surface area contributed by atoms with Crippen molar-refractivity contribution in [2.75, 3.05) is 6.54 Å². The fourth-order valence-electron chi connectivity index (χ4n) is 2.07. The second kappa shape index (κ2) is 7.42. The maximum atomic E-state index is 14.5. The van der Waals surface area contributed by atoms with Crippen LogP contribution in [0.1, 0.15) is 24.1 Å². The maximum absolute atomic E-state index is 14.5. The summed E-state index contributed by atoms with van der Waals surface area (Å²) in [6.45, 7) is 2.65. The van der Waals surface area contributed by atoms with Crippen LogP contribution in [0.2, 0.25) is 10.0 Å². The Labute approximate surface area is 150 Å². The highest BCUT2D eigenvalue weighted by Crippen LogP contribution is 2.34. The van der Waals surface area contributed by atoms with Gasteiger partial charge in [-0.15, -0.1) is 0 Å². The molecule has 21 heavy (non-hydrogen) atoms. The zero-order valence-electron chi connectivity index (χ0n) is 11.1. The highest BCUT2D eigenvalue weighted by molar-refractivity contribution is 9.10. The summed E-state index contributed by atoms with van der Waals surface area (Å²) in [5.74, 6) is -0.434. The first kappa shape index (κ1) is 17.2. The largest absolute Gasteiger partial charge is 0.306 e. The molecule has 0 saturated carbocycles. The van der Waals surface area contributed by atoms with E-state index in [1.165, 1.54) is 0 Å². The van der Waals surface area contributed by atoms with Crippen molar-refractivity contribution in [1.82, 2.24) is 5.32 Å². The van der Waals surface area contributed by atoms with E-state index in [1.807, 2.05) is 25.1 Å². The highest BCUT2D eigenvalue weighted by Gasteiger charge is 2.20. The minimum atomic E-state index is -0.434. The Balaban J connectivity index is 2.53. The SMILES string of the molecule is CCNC(c1ccc(Br)c(Cl)c1)c1ccc(Br)c(Cl)c1F. The molecule has 2 aromatic rings. The first-order valence-corrected chi connectivity index (χ1v) is 8.61. The third-order valence-electron chi connectivity index (χ3n) is 3.06. The molecule has 0 bridgehead atoms. The normalized spacial score (nSPS) is 12.5. The molecule has 112 valence electrons. The van der Waals surface area contributed by atoms with Crippen LogP contribution in [0.4, 0.5) is 4.39 Å². The predicted octanol–water partition coefficient (Wildman–Crippen LogP) is 6.36. The number of hydrogen-bond acceptors (Lipinski definition) is 1. The predicted molar refractivity (Wildman–Crippen MR) is 93.8 cm³/mol. The van der Waals surface area contributed by atoms with Crippen molar-refractivity contribution in [3.05, 3.63) is 66.3 Å². The summed E-state index contributed by atoms with van der Waals surface area (Å²) < 4.78 is 15.8. The smallest absolute Gasteiger partial charge is 0.148 e. The number of halogens is 5.